The Morgan fingerprint density at radius 1 is 1.22 bits per heavy atom. The van der Waals surface area contributed by atoms with E-state index in [9.17, 15) is 13.2 Å². The van der Waals surface area contributed by atoms with Gasteiger partial charge in [-0.1, -0.05) is 24.3 Å². The Morgan fingerprint density at radius 3 is 2.57 bits per heavy atom. The molecule has 0 atom stereocenters. The molecule has 1 aromatic heterocycles. The van der Waals surface area contributed by atoms with Gasteiger partial charge in [0.2, 0.25) is 15.9 Å². The van der Waals surface area contributed by atoms with Gasteiger partial charge in [0, 0.05) is 6.54 Å². The summed E-state index contributed by atoms with van der Waals surface area (Å²) in [4.78, 5) is 12.0. The van der Waals surface area contributed by atoms with Crippen molar-refractivity contribution in [1.29, 1.82) is 0 Å². The molecule has 2 rings (SSSR count). The summed E-state index contributed by atoms with van der Waals surface area (Å²) in [6, 6.07) is 11.0. The van der Waals surface area contributed by atoms with Crippen LogP contribution in [0.3, 0.4) is 0 Å². The summed E-state index contributed by atoms with van der Waals surface area (Å²) in [7, 11) is -3.50. The summed E-state index contributed by atoms with van der Waals surface area (Å²) in [5, 5.41) is 2.65. The Morgan fingerprint density at radius 2 is 1.96 bits per heavy atom. The molecule has 0 fully saturated rings. The van der Waals surface area contributed by atoms with Gasteiger partial charge in [0.25, 0.3) is 0 Å². The molecular formula is C16H20N2O4S. The topological polar surface area (TPSA) is 79.6 Å². The van der Waals surface area contributed by atoms with Crippen LogP contribution in [0.5, 0.6) is 0 Å². The summed E-state index contributed by atoms with van der Waals surface area (Å²) in [5.41, 5.74) is 1.86. The van der Waals surface area contributed by atoms with Crippen molar-refractivity contribution in [2.45, 2.75) is 20.0 Å². The van der Waals surface area contributed by atoms with Crippen LogP contribution in [0.2, 0.25) is 0 Å². The zero-order valence-corrected chi connectivity index (χ0v) is 14.0. The lowest BCUT2D eigenvalue weighted by Crippen LogP contribution is -2.39. The zero-order valence-electron chi connectivity index (χ0n) is 13.2. The number of rotatable bonds is 7. The third-order valence-electron chi connectivity index (χ3n) is 3.44. The minimum absolute atomic E-state index is 0.166. The summed E-state index contributed by atoms with van der Waals surface area (Å²) < 4.78 is 30.2. The lowest BCUT2D eigenvalue weighted by molar-refractivity contribution is -0.121. The van der Waals surface area contributed by atoms with Gasteiger partial charge in [-0.2, -0.15) is 4.31 Å². The summed E-state index contributed by atoms with van der Waals surface area (Å²) in [5.74, 6) is 0.239. The molecule has 0 saturated carbocycles. The van der Waals surface area contributed by atoms with Gasteiger partial charge in [0.15, 0.2) is 0 Å². The highest BCUT2D eigenvalue weighted by molar-refractivity contribution is 7.88. The fourth-order valence-corrected chi connectivity index (χ4v) is 2.81. The molecule has 0 radical (unpaired) electrons. The third kappa shape index (κ3) is 5.22. The molecule has 23 heavy (non-hydrogen) atoms. The predicted octanol–water partition coefficient (Wildman–Crippen LogP) is 1.67. The van der Waals surface area contributed by atoms with Crippen LogP contribution in [0, 0.1) is 6.92 Å². The Hall–Kier alpha value is -2.12. The first-order chi connectivity index (χ1) is 10.9. The van der Waals surface area contributed by atoms with Gasteiger partial charge in [0.05, 0.1) is 25.6 Å². The number of furan rings is 1. The number of amides is 1. The average Bonchev–Trinajstić information content (AvgIpc) is 2.99. The van der Waals surface area contributed by atoms with Gasteiger partial charge in [-0.3, -0.25) is 4.79 Å². The third-order valence-corrected chi connectivity index (χ3v) is 4.63. The van der Waals surface area contributed by atoms with Crippen molar-refractivity contribution in [1.82, 2.24) is 9.62 Å². The van der Waals surface area contributed by atoms with E-state index < -0.39 is 10.0 Å². The van der Waals surface area contributed by atoms with Crippen LogP contribution in [0.25, 0.3) is 0 Å². The summed E-state index contributed by atoms with van der Waals surface area (Å²) >= 11 is 0. The van der Waals surface area contributed by atoms with E-state index in [1.165, 1.54) is 6.26 Å². The van der Waals surface area contributed by atoms with Crippen LogP contribution in [0.4, 0.5) is 0 Å². The molecule has 1 amide bonds. The molecule has 1 aromatic carbocycles. The van der Waals surface area contributed by atoms with Gasteiger partial charge in [-0.05, 0) is 30.2 Å². The number of hydrogen-bond acceptors (Lipinski definition) is 4. The number of aryl methyl sites for hydroxylation is 1. The molecule has 6 nitrogen and oxygen atoms in total. The van der Waals surface area contributed by atoms with E-state index in [0.717, 1.165) is 21.7 Å². The largest absolute Gasteiger partial charge is 0.467 e. The number of carbonyl (C=O) groups is 1. The molecule has 0 unspecified atom stereocenters. The quantitative estimate of drug-likeness (QED) is 0.834. The molecule has 1 heterocycles. The highest BCUT2D eigenvalue weighted by Gasteiger charge is 2.21. The van der Waals surface area contributed by atoms with Gasteiger partial charge in [-0.15, -0.1) is 0 Å². The smallest absolute Gasteiger partial charge is 0.235 e. The van der Waals surface area contributed by atoms with Crippen molar-refractivity contribution in [3.05, 3.63) is 59.5 Å². The van der Waals surface area contributed by atoms with Gasteiger partial charge >= 0.3 is 0 Å². The van der Waals surface area contributed by atoms with Gasteiger partial charge in [-0.25, -0.2) is 8.42 Å². The van der Waals surface area contributed by atoms with Crippen LogP contribution in [-0.2, 0) is 27.9 Å². The number of benzene rings is 1. The summed E-state index contributed by atoms with van der Waals surface area (Å²) in [6.07, 6.45) is 2.62. The molecular weight excluding hydrogens is 316 g/mol. The van der Waals surface area contributed by atoms with E-state index in [1.807, 2.05) is 31.2 Å². The maximum absolute atomic E-state index is 12.0. The van der Waals surface area contributed by atoms with Crippen molar-refractivity contribution in [2.24, 2.45) is 0 Å². The molecule has 0 spiro atoms. The molecule has 2 aromatic rings. The van der Waals surface area contributed by atoms with Crippen molar-refractivity contribution < 1.29 is 17.6 Å². The second-order valence-electron chi connectivity index (χ2n) is 5.31. The first-order valence-electron chi connectivity index (χ1n) is 7.15. The number of nitrogens with zero attached hydrogens (tertiary/aromatic N) is 1. The fourth-order valence-electron chi connectivity index (χ4n) is 2.08. The minimum Gasteiger partial charge on any atom is -0.467 e. The van der Waals surface area contributed by atoms with E-state index in [2.05, 4.69) is 5.32 Å². The highest BCUT2D eigenvalue weighted by Crippen LogP contribution is 2.12. The Labute approximate surface area is 136 Å². The monoisotopic (exact) mass is 336 g/mol. The highest BCUT2D eigenvalue weighted by atomic mass is 32.2. The van der Waals surface area contributed by atoms with Gasteiger partial charge in [0.1, 0.15) is 5.76 Å². The molecule has 7 heteroatoms. The second kappa shape index (κ2) is 7.43. The molecule has 1 N–H and O–H groups in total. The summed E-state index contributed by atoms with van der Waals surface area (Å²) in [6.45, 7) is 2.08. The zero-order chi connectivity index (χ0) is 16.9. The van der Waals surface area contributed by atoms with Crippen LogP contribution >= 0.6 is 0 Å². The van der Waals surface area contributed by atoms with Crippen LogP contribution in [0.15, 0.2) is 47.1 Å². The SMILES string of the molecule is Cc1ccccc1CN(CC(=O)NCc1ccco1)S(C)(=O)=O. The number of hydrogen-bond donors (Lipinski definition) is 1. The Kier molecular flexibility index (Phi) is 5.57. The maximum Gasteiger partial charge on any atom is 0.235 e. The predicted molar refractivity (Wildman–Crippen MR) is 87.0 cm³/mol. The van der Waals surface area contributed by atoms with E-state index in [-0.39, 0.29) is 25.5 Å². The molecule has 0 aliphatic rings. The average molecular weight is 336 g/mol. The van der Waals surface area contributed by atoms with Crippen LogP contribution in [0.1, 0.15) is 16.9 Å². The number of nitrogens with one attached hydrogen (secondary N) is 1. The lowest BCUT2D eigenvalue weighted by Gasteiger charge is -2.20. The first kappa shape index (κ1) is 17.2. The van der Waals surface area contributed by atoms with Crippen molar-refractivity contribution in [2.75, 3.05) is 12.8 Å². The molecule has 0 aliphatic heterocycles. The maximum atomic E-state index is 12.0. The molecule has 0 aliphatic carbocycles. The van der Waals surface area contributed by atoms with Crippen LogP contribution in [-0.4, -0.2) is 31.4 Å². The van der Waals surface area contributed by atoms with Crippen LogP contribution < -0.4 is 5.32 Å². The first-order valence-corrected chi connectivity index (χ1v) is 9.00. The molecule has 0 saturated heterocycles. The molecule has 0 bridgehead atoms. The minimum atomic E-state index is -3.50. The normalized spacial score (nSPS) is 11.6. The second-order valence-corrected chi connectivity index (χ2v) is 7.30. The lowest BCUT2D eigenvalue weighted by atomic mass is 10.1. The fraction of sp³-hybridized carbons (Fsp3) is 0.312. The van der Waals surface area contributed by atoms with Crippen molar-refractivity contribution in [3.8, 4) is 0 Å². The van der Waals surface area contributed by atoms with Crippen molar-refractivity contribution in [3.63, 3.8) is 0 Å². The van der Waals surface area contributed by atoms with E-state index >= 15 is 0 Å². The Balaban J connectivity index is 2.01. The van der Waals surface area contributed by atoms with E-state index in [4.69, 9.17) is 4.42 Å². The number of sulfonamides is 1. The standard InChI is InChI=1S/C16H20N2O4S/c1-13-6-3-4-7-14(13)11-18(23(2,20)21)12-16(19)17-10-15-8-5-9-22-15/h3-9H,10-12H2,1-2H3,(H,17,19). The van der Waals surface area contributed by atoms with E-state index in [1.54, 1.807) is 12.1 Å². The van der Waals surface area contributed by atoms with E-state index in [0.29, 0.717) is 5.76 Å². The van der Waals surface area contributed by atoms with Gasteiger partial charge < -0.3 is 9.73 Å². The number of carbonyl (C=O) groups excluding carboxylic acids is 1. The Bertz CT molecular complexity index is 754. The van der Waals surface area contributed by atoms with Crippen molar-refractivity contribution >= 4 is 15.9 Å². The molecule has 124 valence electrons.